The third-order valence-corrected chi connectivity index (χ3v) is 1.95. The number of benzene rings is 1. The Kier molecular flexibility index (Phi) is 3.06. The monoisotopic (exact) mass is 220 g/mol. The number of pyridine rings is 1. The van der Waals surface area contributed by atoms with Gasteiger partial charge in [0.05, 0.1) is 11.2 Å². The molecule has 0 fully saturated rings. The molecular weight excluding hydrogens is 212 g/mol. The quantitative estimate of drug-likeness (QED) is 0.371. The van der Waals surface area contributed by atoms with Crippen molar-refractivity contribution in [2.45, 2.75) is 0 Å². The SMILES string of the molecule is S=COONc1cccc2cccnc12. The Balaban J connectivity index is 2.30. The molecule has 15 heavy (non-hydrogen) atoms. The van der Waals surface area contributed by atoms with Crippen molar-refractivity contribution in [2.24, 2.45) is 0 Å². The topological polar surface area (TPSA) is 43.4 Å². The van der Waals surface area contributed by atoms with Crippen LogP contribution in [0.1, 0.15) is 0 Å². The van der Waals surface area contributed by atoms with Crippen LogP contribution in [0.2, 0.25) is 0 Å². The van der Waals surface area contributed by atoms with Crippen LogP contribution in [0.4, 0.5) is 5.69 Å². The number of para-hydroxylation sites is 1. The van der Waals surface area contributed by atoms with Gasteiger partial charge in [0.25, 0.3) is 0 Å². The molecule has 1 aromatic carbocycles. The second-order valence-electron chi connectivity index (χ2n) is 2.76. The Morgan fingerprint density at radius 2 is 2.13 bits per heavy atom. The Labute approximate surface area is 91.7 Å². The highest BCUT2D eigenvalue weighted by atomic mass is 32.1. The zero-order valence-electron chi connectivity index (χ0n) is 7.71. The van der Waals surface area contributed by atoms with Gasteiger partial charge < -0.3 is 4.89 Å². The number of thiocarbonyl (C=S) groups is 1. The molecule has 1 heterocycles. The molecule has 0 atom stereocenters. The third kappa shape index (κ3) is 2.20. The molecule has 1 aromatic heterocycles. The molecule has 1 N–H and O–H groups in total. The zero-order chi connectivity index (χ0) is 10.5. The number of hydrogen-bond donors (Lipinski definition) is 1. The highest BCUT2D eigenvalue weighted by molar-refractivity contribution is 7.78. The van der Waals surface area contributed by atoms with Crippen LogP contribution in [0.3, 0.4) is 0 Å². The molecule has 0 aliphatic rings. The number of hydrogen-bond acceptors (Lipinski definition) is 5. The molecule has 0 spiro atoms. The second kappa shape index (κ2) is 4.68. The lowest BCUT2D eigenvalue weighted by molar-refractivity contribution is -0.185. The van der Waals surface area contributed by atoms with E-state index in [1.165, 1.54) is 0 Å². The first-order valence-corrected chi connectivity index (χ1v) is 4.74. The van der Waals surface area contributed by atoms with Gasteiger partial charge in [0.15, 0.2) is 5.55 Å². The van der Waals surface area contributed by atoms with Crippen molar-refractivity contribution in [2.75, 3.05) is 5.48 Å². The predicted molar refractivity (Wildman–Crippen MR) is 61.2 cm³/mol. The summed E-state index contributed by atoms with van der Waals surface area (Å²) in [5.74, 6) is 0. The zero-order valence-corrected chi connectivity index (χ0v) is 8.53. The van der Waals surface area contributed by atoms with Crippen LogP contribution >= 0.6 is 12.2 Å². The van der Waals surface area contributed by atoms with Gasteiger partial charge in [0.1, 0.15) is 0 Å². The third-order valence-electron chi connectivity index (χ3n) is 1.87. The summed E-state index contributed by atoms with van der Waals surface area (Å²) in [5.41, 5.74) is 5.17. The molecule has 5 heteroatoms. The minimum Gasteiger partial charge on any atom is -0.310 e. The van der Waals surface area contributed by atoms with Gasteiger partial charge in [-0.25, -0.2) is 5.48 Å². The smallest absolute Gasteiger partial charge is 0.195 e. The Morgan fingerprint density at radius 1 is 1.27 bits per heavy atom. The van der Waals surface area contributed by atoms with E-state index in [4.69, 9.17) is 0 Å². The van der Waals surface area contributed by atoms with Crippen LogP contribution in [0.5, 0.6) is 0 Å². The minimum atomic E-state index is 0.727. The highest BCUT2D eigenvalue weighted by Crippen LogP contribution is 2.20. The molecular formula is C10H8N2O2S. The number of nitrogens with one attached hydrogen (secondary N) is 1. The number of rotatable bonds is 4. The standard InChI is InChI=1S/C10H8N2O2S/c15-7-13-14-12-9-5-1-3-8-4-2-6-11-10(8)9/h1-7,12H. The van der Waals surface area contributed by atoms with E-state index in [1.807, 2.05) is 30.3 Å². The van der Waals surface area contributed by atoms with E-state index in [1.54, 1.807) is 6.20 Å². The summed E-state index contributed by atoms with van der Waals surface area (Å²) in [4.78, 5) is 13.3. The van der Waals surface area contributed by atoms with E-state index < -0.39 is 0 Å². The van der Waals surface area contributed by atoms with Gasteiger partial charge in [0, 0.05) is 11.6 Å². The largest absolute Gasteiger partial charge is 0.310 e. The molecule has 0 bridgehead atoms. The minimum absolute atomic E-state index is 0.727. The van der Waals surface area contributed by atoms with Crippen LogP contribution in [0, 0.1) is 0 Å². The van der Waals surface area contributed by atoms with Gasteiger partial charge in [-0.2, -0.15) is 0 Å². The molecule has 0 amide bonds. The van der Waals surface area contributed by atoms with Gasteiger partial charge in [-0.15, -0.1) is 0 Å². The van der Waals surface area contributed by atoms with E-state index >= 15 is 0 Å². The lowest BCUT2D eigenvalue weighted by Crippen LogP contribution is -2.01. The van der Waals surface area contributed by atoms with Crippen molar-refractivity contribution in [1.29, 1.82) is 0 Å². The Morgan fingerprint density at radius 3 is 3.00 bits per heavy atom. The number of nitrogens with zero attached hydrogens (tertiary/aromatic N) is 1. The Bertz CT molecular complexity index is 470. The maximum absolute atomic E-state index is 4.63. The van der Waals surface area contributed by atoms with Crippen molar-refractivity contribution in [3.63, 3.8) is 0 Å². The average molecular weight is 220 g/mol. The summed E-state index contributed by atoms with van der Waals surface area (Å²) >= 11 is 4.44. The van der Waals surface area contributed by atoms with Gasteiger partial charge in [-0.05, 0) is 24.4 Å². The van der Waals surface area contributed by atoms with Gasteiger partial charge in [-0.1, -0.05) is 23.2 Å². The van der Waals surface area contributed by atoms with Crippen molar-refractivity contribution < 1.29 is 9.88 Å². The predicted octanol–water partition coefficient (Wildman–Crippen LogP) is 2.47. The fourth-order valence-electron chi connectivity index (χ4n) is 1.28. The summed E-state index contributed by atoms with van der Waals surface area (Å²) < 4.78 is 0. The maximum Gasteiger partial charge on any atom is 0.195 e. The first-order chi connectivity index (χ1) is 7.42. The van der Waals surface area contributed by atoms with Gasteiger partial charge in [-0.3, -0.25) is 4.98 Å². The molecule has 2 aromatic rings. The van der Waals surface area contributed by atoms with Crippen LogP contribution in [-0.2, 0) is 9.88 Å². The molecule has 0 aliphatic heterocycles. The van der Waals surface area contributed by atoms with Crippen LogP contribution in [0.15, 0.2) is 36.5 Å². The summed E-state index contributed by atoms with van der Waals surface area (Å²) in [6, 6.07) is 9.54. The summed E-state index contributed by atoms with van der Waals surface area (Å²) in [6.45, 7) is 0. The first kappa shape index (κ1) is 9.82. The van der Waals surface area contributed by atoms with Crippen molar-refractivity contribution >= 4 is 34.4 Å². The summed E-state index contributed by atoms with van der Waals surface area (Å²) in [7, 11) is 0. The van der Waals surface area contributed by atoms with Crippen molar-refractivity contribution in [3.05, 3.63) is 36.5 Å². The van der Waals surface area contributed by atoms with Crippen LogP contribution in [0.25, 0.3) is 10.9 Å². The highest BCUT2D eigenvalue weighted by Gasteiger charge is 2.00. The van der Waals surface area contributed by atoms with Gasteiger partial charge >= 0.3 is 0 Å². The van der Waals surface area contributed by atoms with E-state index in [9.17, 15) is 0 Å². The molecule has 0 radical (unpaired) electrons. The molecule has 0 unspecified atom stereocenters. The second-order valence-corrected chi connectivity index (χ2v) is 2.95. The molecule has 0 saturated carbocycles. The molecule has 0 saturated heterocycles. The molecule has 2 rings (SSSR count). The molecule has 4 nitrogen and oxygen atoms in total. The lowest BCUT2D eigenvalue weighted by atomic mass is 10.2. The lowest BCUT2D eigenvalue weighted by Gasteiger charge is -2.05. The summed E-state index contributed by atoms with van der Waals surface area (Å²) in [6.07, 6.45) is 1.72. The first-order valence-electron chi connectivity index (χ1n) is 4.27. The fraction of sp³-hybridized carbons (Fsp3) is 0. The van der Waals surface area contributed by atoms with Crippen LogP contribution < -0.4 is 5.48 Å². The van der Waals surface area contributed by atoms with Crippen molar-refractivity contribution in [3.8, 4) is 0 Å². The van der Waals surface area contributed by atoms with Gasteiger partial charge in [0.2, 0.25) is 0 Å². The normalized spacial score (nSPS) is 9.87. The number of anilines is 1. The maximum atomic E-state index is 4.63. The van der Waals surface area contributed by atoms with E-state index in [0.717, 1.165) is 22.1 Å². The van der Waals surface area contributed by atoms with Crippen molar-refractivity contribution in [1.82, 2.24) is 4.98 Å². The summed E-state index contributed by atoms with van der Waals surface area (Å²) in [5, 5.41) is 1.02. The molecule has 0 aliphatic carbocycles. The number of fused-ring (bicyclic) bond motifs is 1. The van der Waals surface area contributed by atoms with Crippen LogP contribution in [-0.4, -0.2) is 10.5 Å². The average Bonchev–Trinajstić information content (AvgIpc) is 2.30. The van der Waals surface area contributed by atoms with E-state index in [-0.39, 0.29) is 0 Å². The molecule has 76 valence electrons. The Hall–Kier alpha value is -1.72. The van der Waals surface area contributed by atoms with E-state index in [0.29, 0.717) is 0 Å². The number of aromatic nitrogens is 1. The fourth-order valence-corrected chi connectivity index (χ4v) is 1.31. The van der Waals surface area contributed by atoms with E-state index in [2.05, 4.69) is 32.6 Å².